The molecule has 0 amide bonds. The van der Waals surface area contributed by atoms with Crippen LogP contribution in [0.2, 0.25) is 0 Å². The van der Waals surface area contributed by atoms with E-state index in [1.54, 1.807) is 0 Å². The molecule has 0 radical (unpaired) electrons. The van der Waals surface area contributed by atoms with Gasteiger partial charge in [-0.15, -0.1) is 0 Å². The summed E-state index contributed by atoms with van der Waals surface area (Å²) in [6, 6.07) is 8.25. The van der Waals surface area contributed by atoms with Gasteiger partial charge in [-0.05, 0) is 31.4 Å². The summed E-state index contributed by atoms with van der Waals surface area (Å²) >= 11 is 5.02. The molecule has 0 aromatic heterocycles. The van der Waals surface area contributed by atoms with Crippen molar-refractivity contribution in [1.82, 2.24) is 4.90 Å². The van der Waals surface area contributed by atoms with Crippen LogP contribution in [0.1, 0.15) is 31.2 Å². The van der Waals surface area contributed by atoms with Crippen molar-refractivity contribution in [1.29, 1.82) is 0 Å². The largest absolute Gasteiger partial charge is 0.493 e. The van der Waals surface area contributed by atoms with Crippen molar-refractivity contribution in [2.75, 3.05) is 26.3 Å². The Labute approximate surface area is 131 Å². The van der Waals surface area contributed by atoms with E-state index >= 15 is 0 Å². The maximum absolute atomic E-state index is 9.14. The highest BCUT2D eigenvalue weighted by Crippen LogP contribution is 2.24. The lowest BCUT2D eigenvalue weighted by molar-refractivity contribution is 0.0952. The molecule has 2 rings (SSSR count). The number of rotatable bonds is 9. The fourth-order valence-electron chi connectivity index (χ4n) is 2.60. The second kappa shape index (κ2) is 8.32. The molecule has 0 atom stereocenters. The van der Waals surface area contributed by atoms with E-state index in [1.807, 2.05) is 24.3 Å². The standard InChI is InChI=1S/C16H24N2O2S/c17-16(21)14-7-1-2-8-15(14)20-12-4-9-18(10-11-19)13-5-3-6-13/h1-2,7-8,13,19H,3-6,9-12H2,(H2,17,21). The van der Waals surface area contributed by atoms with Crippen LogP contribution in [-0.4, -0.2) is 47.3 Å². The minimum Gasteiger partial charge on any atom is -0.493 e. The Hall–Kier alpha value is -1.17. The third kappa shape index (κ3) is 4.66. The molecule has 1 aliphatic rings. The van der Waals surface area contributed by atoms with Gasteiger partial charge in [0, 0.05) is 19.1 Å². The highest BCUT2D eigenvalue weighted by molar-refractivity contribution is 7.80. The number of aliphatic hydroxyl groups is 1. The third-order valence-corrected chi connectivity index (χ3v) is 4.20. The molecule has 0 unspecified atom stereocenters. The normalized spacial score (nSPS) is 15.0. The summed E-state index contributed by atoms with van der Waals surface area (Å²) in [6.45, 7) is 2.57. The molecule has 116 valence electrons. The minimum absolute atomic E-state index is 0.224. The van der Waals surface area contributed by atoms with Gasteiger partial charge in [0.2, 0.25) is 0 Å². The van der Waals surface area contributed by atoms with E-state index in [4.69, 9.17) is 27.8 Å². The van der Waals surface area contributed by atoms with Crippen LogP contribution in [0.5, 0.6) is 5.75 Å². The zero-order chi connectivity index (χ0) is 15.1. The predicted molar refractivity (Wildman–Crippen MR) is 88.7 cm³/mol. The zero-order valence-corrected chi connectivity index (χ0v) is 13.1. The first kappa shape index (κ1) is 16.2. The van der Waals surface area contributed by atoms with Crippen LogP contribution in [0.3, 0.4) is 0 Å². The smallest absolute Gasteiger partial charge is 0.129 e. The summed E-state index contributed by atoms with van der Waals surface area (Å²) in [5.41, 5.74) is 6.48. The fraction of sp³-hybridized carbons (Fsp3) is 0.562. The number of thiocarbonyl (C=S) groups is 1. The average molecular weight is 308 g/mol. The molecule has 0 heterocycles. The van der Waals surface area contributed by atoms with Crippen LogP contribution in [0.15, 0.2) is 24.3 Å². The van der Waals surface area contributed by atoms with Crippen molar-refractivity contribution in [2.45, 2.75) is 31.7 Å². The SMILES string of the molecule is NC(=S)c1ccccc1OCCCN(CCO)C1CCC1. The van der Waals surface area contributed by atoms with E-state index in [1.165, 1.54) is 19.3 Å². The summed E-state index contributed by atoms with van der Waals surface area (Å²) in [5.74, 6) is 0.752. The molecule has 0 spiro atoms. The van der Waals surface area contributed by atoms with E-state index in [2.05, 4.69) is 4.90 Å². The Balaban J connectivity index is 1.77. The molecule has 0 bridgehead atoms. The Bertz CT molecular complexity index is 463. The first-order valence-corrected chi connectivity index (χ1v) is 7.99. The van der Waals surface area contributed by atoms with Gasteiger partial charge in [0.05, 0.1) is 18.8 Å². The van der Waals surface area contributed by atoms with Gasteiger partial charge < -0.3 is 15.6 Å². The summed E-state index contributed by atoms with van der Waals surface area (Å²) < 4.78 is 5.80. The van der Waals surface area contributed by atoms with E-state index in [9.17, 15) is 0 Å². The van der Waals surface area contributed by atoms with Gasteiger partial charge in [-0.25, -0.2) is 0 Å². The highest BCUT2D eigenvalue weighted by atomic mass is 32.1. The third-order valence-electron chi connectivity index (χ3n) is 3.98. The molecular formula is C16H24N2O2S. The second-order valence-corrected chi connectivity index (χ2v) is 5.85. The van der Waals surface area contributed by atoms with Crippen molar-refractivity contribution >= 4 is 17.2 Å². The molecule has 5 heteroatoms. The number of hydrogen-bond donors (Lipinski definition) is 2. The van der Waals surface area contributed by atoms with E-state index < -0.39 is 0 Å². The minimum atomic E-state index is 0.224. The van der Waals surface area contributed by atoms with Crippen LogP contribution in [0.25, 0.3) is 0 Å². The van der Waals surface area contributed by atoms with Gasteiger partial charge in [0.25, 0.3) is 0 Å². The van der Waals surface area contributed by atoms with Crippen molar-refractivity contribution in [3.63, 3.8) is 0 Å². The van der Waals surface area contributed by atoms with Crippen LogP contribution in [0.4, 0.5) is 0 Å². The lowest BCUT2D eigenvalue weighted by Gasteiger charge is -2.37. The summed E-state index contributed by atoms with van der Waals surface area (Å²) in [4.78, 5) is 2.73. The van der Waals surface area contributed by atoms with Gasteiger partial charge in [0.1, 0.15) is 10.7 Å². The lowest BCUT2D eigenvalue weighted by atomic mass is 9.91. The molecule has 1 aliphatic carbocycles. The predicted octanol–water partition coefficient (Wildman–Crippen LogP) is 1.94. The highest BCUT2D eigenvalue weighted by Gasteiger charge is 2.23. The topological polar surface area (TPSA) is 58.7 Å². The monoisotopic (exact) mass is 308 g/mol. The van der Waals surface area contributed by atoms with Gasteiger partial charge in [-0.3, -0.25) is 4.90 Å². The van der Waals surface area contributed by atoms with Gasteiger partial charge >= 0.3 is 0 Å². The van der Waals surface area contributed by atoms with Gasteiger partial charge in [-0.1, -0.05) is 30.8 Å². The Kier molecular flexibility index (Phi) is 6.42. The number of hydrogen-bond acceptors (Lipinski definition) is 4. The molecule has 0 aliphatic heterocycles. The number of nitrogens with two attached hydrogens (primary N) is 1. The number of para-hydroxylation sites is 1. The van der Waals surface area contributed by atoms with E-state index in [0.29, 0.717) is 17.6 Å². The molecule has 1 aromatic rings. The molecule has 4 nitrogen and oxygen atoms in total. The molecule has 1 saturated carbocycles. The van der Waals surface area contributed by atoms with Crippen LogP contribution in [-0.2, 0) is 0 Å². The first-order chi connectivity index (χ1) is 10.2. The number of nitrogens with zero attached hydrogens (tertiary/aromatic N) is 1. The Morgan fingerprint density at radius 2 is 2.10 bits per heavy atom. The van der Waals surface area contributed by atoms with Crippen molar-refractivity contribution in [3.05, 3.63) is 29.8 Å². The Morgan fingerprint density at radius 3 is 2.71 bits per heavy atom. The summed E-state index contributed by atoms with van der Waals surface area (Å²) in [6.07, 6.45) is 4.75. The van der Waals surface area contributed by atoms with Gasteiger partial charge in [0.15, 0.2) is 0 Å². The van der Waals surface area contributed by atoms with E-state index in [-0.39, 0.29) is 6.61 Å². The zero-order valence-electron chi connectivity index (χ0n) is 12.3. The van der Waals surface area contributed by atoms with Crippen molar-refractivity contribution < 1.29 is 9.84 Å². The maximum atomic E-state index is 9.14. The molecule has 21 heavy (non-hydrogen) atoms. The number of aliphatic hydroxyl groups excluding tert-OH is 1. The molecule has 1 fully saturated rings. The first-order valence-electron chi connectivity index (χ1n) is 7.59. The molecule has 1 aromatic carbocycles. The number of benzene rings is 1. The second-order valence-electron chi connectivity index (χ2n) is 5.41. The van der Waals surface area contributed by atoms with Crippen LogP contribution >= 0.6 is 12.2 Å². The fourth-order valence-corrected chi connectivity index (χ4v) is 2.77. The lowest BCUT2D eigenvalue weighted by Crippen LogP contribution is -2.42. The Morgan fingerprint density at radius 1 is 1.33 bits per heavy atom. The maximum Gasteiger partial charge on any atom is 0.129 e. The van der Waals surface area contributed by atoms with E-state index in [0.717, 1.165) is 30.8 Å². The molecule has 3 N–H and O–H groups in total. The molecule has 0 saturated heterocycles. The average Bonchev–Trinajstić information content (AvgIpc) is 2.42. The summed E-state index contributed by atoms with van der Waals surface area (Å²) in [5, 5.41) is 9.14. The van der Waals surface area contributed by atoms with Crippen molar-refractivity contribution in [3.8, 4) is 5.75 Å². The summed E-state index contributed by atoms with van der Waals surface area (Å²) in [7, 11) is 0. The van der Waals surface area contributed by atoms with Crippen LogP contribution in [0, 0.1) is 0 Å². The molecular weight excluding hydrogens is 284 g/mol. The number of ether oxygens (including phenoxy) is 1. The van der Waals surface area contributed by atoms with Crippen LogP contribution < -0.4 is 10.5 Å². The van der Waals surface area contributed by atoms with Crippen molar-refractivity contribution in [2.24, 2.45) is 5.73 Å². The quantitative estimate of drug-likeness (QED) is 0.539. The van der Waals surface area contributed by atoms with Gasteiger partial charge in [-0.2, -0.15) is 0 Å².